The van der Waals surface area contributed by atoms with E-state index >= 15 is 0 Å². The van der Waals surface area contributed by atoms with Gasteiger partial charge in [-0.1, -0.05) is 12.1 Å². The van der Waals surface area contributed by atoms with Gasteiger partial charge in [0.05, 0.1) is 10.6 Å². The second-order valence-electron chi connectivity index (χ2n) is 5.00. The van der Waals surface area contributed by atoms with Crippen LogP contribution in [0, 0.1) is 0 Å². The monoisotopic (exact) mass is 320 g/mol. The second kappa shape index (κ2) is 6.21. The van der Waals surface area contributed by atoms with Crippen molar-refractivity contribution in [1.29, 1.82) is 0 Å². The van der Waals surface area contributed by atoms with Gasteiger partial charge in [-0.3, -0.25) is 0 Å². The smallest absolute Gasteiger partial charge is 0.238 e. The Balaban J connectivity index is 2.76. The van der Waals surface area contributed by atoms with Gasteiger partial charge < -0.3 is 5.32 Å². The van der Waals surface area contributed by atoms with Crippen LogP contribution in [0.15, 0.2) is 29.2 Å². The van der Waals surface area contributed by atoms with Crippen LogP contribution >= 0.6 is 0 Å². The summed E-state index contributed by atoms with van der Waals surface area (Å²) in [6.07, 6.45) is 1.19. The number of sulfonamides is 1. The lowest BCUT2D eigenvalue weighted by Crippen LogP contribution is -2.34. The molecule has 8 heteroatoms. The number of primary sulfonamides is 1. The Morgan fingerprint density at radius 3 is 2.00 bits per heavy atom. The lowest BCUT2D eigenvalue weighted by molar-refractivity contribution is 0.500. The molecule has 114 valence electrons. The first kappa shape index (κ1) is 17.1. The molecule has 1 rings (SSSR count). The van der Waals surface area contributed by atoms with Gasteiger partial charge in [0.15, 0.2) is 0 Å². The fourth-order valence-corrected chi connectivity index (χ4v) is 3.49. The summed E-state index contributed by atoms with van der Waals surface area (Å²) in [6, 6.07) is 5.89. The number of sulfone groups is 1. The van der Waals surface area contributed by atoms with Crippen molar-refractivity contribution in [2.75, 3.05) is 12.0 Å². The molecule has 2 atom stereocenters. The number of hydrogen-bond acceptors (Lipinski definition) is 5. The maximum Gasteiger partial charge on any atom is 0.238 e. The Morgan fingerprint density at radius 2 is 1.60 bits per heavy atom. The minimum absolute atomic E-state index is 0.0482. The predicted octanol–water partition coefficient (Wildman–Crippen LogP) is 0.418. The van der Waals surface area contributed by atoms with Crippen molar-refractivity contribution in [1.82, 2.24) is 5.32 Å². The van der Waals surface area contributed by atoms with Gasteiger partial charge in [0.1, 0.15) is 9.84 Å². The predicted molar refractivity (Wildman–Crippen MR) is 78.5 cm³/mol. The number of benzene rings is 1. The van der Waals surface area contributed by atoms with E-state index in [9.17, 15) is 16.8 Å². The second-order valence-corrected chi connectivity index (χ2v) is 8.74. The van der Waals surface area contributed by atoms with Crippen molar-refractivity contribution in [3.05, 3.63) is 29.8 Å². The lowest BCUT2D eigenvalue weighted by atomic mass is 10.1. The molecule has 0 heterocycles. The number of nitrogens with two attached hydrogens (primary N) is 1. The van der Waals surface area contributed by atoms with E-state index in [-0.39, 0.29) is 22.7 Å². The van der Waals surface area contributed by atoms with Crippen molar-refractivity contribution in [3.8, 4) is 0 Å². The molecular weight excluding hydrogens is 300 g/mol. The molecule has 0 spiro atoms. The van der Waals surface area contributed by atoms with E-state index in [1.165, 1.54) is 18.4 Å². The topological polar surface area (TPSA) is 106 Å². The van der Waals surface area contributed by atoms with Gasteiger partial charge in [0.25, 0.3) is 0 Å². The van der Waals surface area contributed by atoms with Gasteiger partial charge in [-0.2, -0.15) is 0 Å². The highest BCUT2D eigenvalue weighted by atomic mass is 32.2. The molecule has 0 saturated heterocycles. The molecule has 0 amide bonds. The first-order valence-electron chi connectivity index (χ1n) is 6.05. The Labute approximate surface area is 120 Å². The van der Waals surface area contributed by atoms with Gasteiger partial charge in [-0.25, -0.2) is 22.0 Å². The summed E-state index contributed by atoms with van der Waals surface area (Å²) in [5, 5.41) is 8.17. The molecule has 0 radical (unpaired) electrons. The Hall–Kier alpha value is -0.960. The number of nitrogens with one attached hydrogen (secondary N) is 1. The Kier molecular flexibility index (Phi) is 5.31. The van der Waals surface area contributed by atoms with Crippen molar-refractivity contribution >= 4 is 19.9 Å². The normalized spacial score (nSPS) is 15.8. The van der Waals surface area contributed by atoms with E-state index in [2.05, 4.69) is 5.32 Å². The molecule has 3 N–H and O–H groups in total. The molecule has 0 fully saturated rings. The summed E-state index contributed by atoms with van der Waals surface area (Å²) < 4.78 is 44.7. The Bertz CT molecular complexity index is 651. The van der Waals surface area contributed by atoms with Crippen molar-refractivity contribution in [2.24, 2.45) is 5.14 Å². The molecule has 2 unspecified atom stereocenters. The van der Waals surface area contributed by atoms with Crippen LogP contribution < -0.4 is 10.5 Å². The minimum Gasteiger partial charge on any atom is -0.307 e. The molecule has 1 aromatic rings. The maximum atomic E-state index is 11.2. The molecule has 0 aliphatic carbocycles. The van der Waals surface area contributed by atoms with Crippen LogP contribution in [0.25, 0.3) is 0 Å². The molecule has 1 aromatic carbocycles. The van der Waals surface area contributed by atoms with Crippen LogP contribution in [-0.2, 0) is 19.9 Å². The molecule has 0 aromatic heterocycles. The fraction of sp³-hybridized carbons (Fsp3) is 0.500. The fourth-order valence-electron chi connectivity index (χ4n) is 1.97. The van der Waals surface area contributed by atoms with E-state index in [4.69, 9.17) is 5.14 Å². The van der Waals surface area contributed by atoms with Gasteiger partial charge in [-0.15, -0.1) is 0 Å². The van der Waals surface area contributed by atoms with Gasteiger partial charge in [0.2, 0.25) is 10.0 Å². The summed E-state index contributed by atoms with van der Waals surface area (Å²) in [5.74, 6) is 0.0482. The van der Waals surface area contributed by atoms with Crippen molar-refractivity contribution in [3.63, 3.8) is 0 Å². The summed E-state index contributed by atoms with van der Waals surface area (Å²) in [5.41, 5.74) is 0.859. The highest BCUT2D eigenvalue weighted by Gasteiger charge is 2.15. The zero-order chi connectivity index (χ0) is 15.6. The zero-order valence-electron chi connectivity index (χ0n) is 11.7. The van der Waals surface area contributed by atoms with Crippen LogP contribution in [0.1, 0.15) is 25.5 Å². The molecule has 0 aliphatic rings. The zero-order valence-corrected chi connectivity index (χ0v) is 13.3. The van der Waals surface area contributed by atoms with E-state index in [0.717, 1.165) is 5.56 Å². The first-order valence-corrected chi connectivity index (χ1v) is 9.66. The van der Waals surface area contributed by atoms with Crippen LogP contribution in [0.3, 0.4) is 0 Å². The quantitative estimate of drug-likeness (QED) is 0.790. The summed E-state index contributed by atoms with van der Waals surface area (Å²) in [7, 11) is -6.73. The highest BCUT2D eigenvalue weighted by molar-refractivity contribution is 7.90. The SMILES string of the molecule is CC(CS(C)(=O)=O)NC(C)c1ccc(S(N)(=O)=O)cc1. The average molecular weight is 320 g/mol. The molecule has 0 aliphatic heterocycles. The standard InChI is InChI=1S/C12H20N2O4S2/c1-9(8-19(3,15)16)14-10(2)11-4-6-12(7-5-11)20(13,17)18/h4-7,9-10,14H,8H2,1-3H3,(H2,13,17,18). The molecular formula is C12H20N2O4S2. The third-order valence-corrected chi connectivity index (χ3v) is 4.83. The lowest BCUT2D eigenvalue weighted by Gasteiger charge is -2.20. The third-order valence-electron chi connectivity index (χ3n) is 2.80. The van der Waals surface area contributed by atoms with Gasteiger partial charge >= 0.3 is 0 Å². The molecule has 0 bridgehead atoms. The Morgan fingerprint density at radius 1 is 1.10 bits per heavy atom. The van der Waals surface area contributed by atoms with E-state index in [1.54, 1.807) is 19.1 Å². The van der Waals surface area contributed by atoms with Crippen LogP contribution in [0.5, 0.6) is 0 Å². The maximum absolute atomic E-state index is 11.2. The van der Waals surface area contributed by atoms with Gasteiger partial charge in [-0.05, 0) is 31.5 Å². The molecule has 6 nitrogen and oxygen atoms in total. The van der Waals surface area contributed by atoms with Crippen LogP contribution in [-0.4, -0.2) is 34.9 Å². The van der Waals surface area contributed by atoms with Crippen molar-refractivity contribution < 1.29 is 16.8 Å². The number of rotatable bonds is 6. The highest BCUT2D eigenvalue weighted by Crippen LogP contribution is 2.16. The summed E-state index contributed by atoms with van der Waals surface area (Å²) in [4.78, 5) is 0.0534. The average Bonchev–Trinajstić information content (AvgIpc) is 2.25. The number of hydrogen-bond donors (Lipinski definition) is 2. The minimum atomic E-state index is -3.69. The molecule has 20 heavy (non-hydrogen) atoms. The largest absolute Gasteiger partial charge is 0.307 e. The van der Waals surface area contributed by atoms with Crippen LogP contribution in [0.4, 0.5) is 0 Å². The summed E-state index contributed by atoms with van der Waals surface area (Å²) >= 11 is 0. The van der Waals surface area contributed by atoms with E-state index in [1.807, 2.05) is 6.92 Å². The molecule has 0 saturated carbocycles. The summed E-state index contributed by atoms with van der Waals surface area (Å²) in [6.45, 7) is 3.67. The van der Waals surface area contributed by atoms with E-state index in [0.29, 0.717) is 0 Å². The van der Waals surface area contributed by atoms with E-state index < -0.39 is 19.9 Å². The first-order chi connectivity index (χ1) is 8.99. The van der Waals surface area contributed by atoms with Crippen molar-refractivity contribution in [2.45, 2.75) is 30.8 Å². The van der Waals surface area contributed by atoms with Crippen LogP contribution in [0.2, 0.25) is 0 Å². The van der Waals surface area contributed by atoms with Gasteiger partial charge in [0, 0.05) is 18.3 Å². The third kappa shape index (κ3) is 5.58.